The molecule has 0 unspecified atom stereocenters. The minimum Gasteiger partial charge on any atom is -0.339 e. The molecule has 1 aliphatic heterocycles. The number of rotatable bonds is 6. The van der Waals surface area contributed by atoms with Gasteiger partial charge in [-0.2, -0.15) is 0 Å². The number of nitrogens with one attached hydrogen (secondary N) is 1. The Kier molecular flexibility index (Phi) is 6.42. The second-order valence-corrected chi connectivity index (χ2v) is 4.57. The Morgan fingerprint density at radius 3 is 2.50 bits per heavy atom. The summed E-state index contributed by atoms with van der Waals surface area (Å²) in [6, 6.07) is 0. The molecule has 4 heteroatoms. The number of nitrogens with zero attached hydrogens (tertiary/aromatic N) is 2. The van der Waals surface area contributed by atoms with Crippen LogP contribution in [-0.4, -0.2) is 62.0 Å². The third kappa shape index (κ3) is 4.94. The van der Waals surface area contributed by atoms with E-state index in [4.69, 9.17) is 0 Å². The zero-order valence-electron chi connectivity index (χ0n) is 10.7. The molecule has 1 fully saturated rings. The summed E-state index contributed by atoms with van der Waals surface area (Å²) in [6.07, 6.45) is 3.65. The molecular weight excluding hydrogens is 202 g/mol. The van der Waals surface area contributed by atoms with Gasteiger partial charge in [-0.15, -0.1) is 0 Å². The van der Waals surface area contributed by atoms with E-state index in [1.165, 1.54) is 19.3 Å². The predicted molar refractivity (Wildman–Crippen MR) is 66.5 cm³/mol. The molecule has 0 radical (unpaired) electrons. The number of carbonyl (C=O) groups is 1. The van der Waals surface area contributed by atoms with E-state index >= 15 is 0 Å². The van der Waals surface area contributed by atoms with Crippen LogP contribution in [0.2, 0.25) is 0 Å². The highest BCUT2D eigenvalue weighted by Crippen LogP contribution is 1.99. The summed E-state index contributed by atoms with van der Waals surface area (Å²) in [7, 11) is 2.10. The molecule has 0 bridgehead atoms. The zero-order valence-corrected chi connectivity index (χ0v) is 10.7. The van der Waals surface area contributed by atoms with Crippen molar-refractivity contribution >= 4 is 5.91 Å². The van der Waals surface area contributed by atoms with Crippen molar-refractivity contribution in [1.29, 1.82) is 0 Å². The Bertz CT molecular complexity index is 200. The van der Waals surface area contributed by atoms with E-state index in [1.807, 2.05) is 4.90 Å². The molecule has 1 aliphatic rings. The van der Waals surface area contributed by atoms with Gasteiger partial charge in [-0.05, 0) is 20.0 Å². The molecule has 1 saturated heterocycles. The lowest BCUT2D eigenvalue weighted by atomic mass is 10.2. The maximum atomic E-state index is 11.8. The minimum absolute atomic E-state index is 0.254. The SMILES string of the molecule is CCCCCNCC(=O)N1CCN(C)CC1. The van der Waals surface area contributed by atoms with Crippen molar-refractivity contribution in [3.05, 3.63) is 0 Å². The first kappa shape index (κ1) is 13.5. The van der Waals surface area contributed by atoms with Crippen LogP contribution in [-0.2, 0) is 4.79 Å². The fraction of sp³-hybridized carbons (Fsp3) is 0.917. The normalized spacial score (nSPS) is 17.8. The van der Waals surface area contributed by atoms with Gasteiger partial charge >= 0.3 is 0 Å². The first-order valence-electron chi connectivity index (χ1n) is 6.41. The van der Waals surface area contributed by atoms with Crippen molar-refractivity contribution in [1.82, 2.24) is 15.1 Å². The first-order valence-corrected chi connectivity index (χ1v) is 6.41. The van der Waals surface area contributed by atoms with Crippen LogP contribution >= 0.6 is 0 Å². The summed E-state index contributed by atoms with van der Waals surface area (Å²) in [4.78, 5) is 16.0. The topological polar surface area (TPSA) is 35.6 Å². The molecule has 4 nitrogen and oxygen atoms in total. The molecular formula is C12H25N3O. The molecule has 0 aromatic heterocycles. The fourth-order valence-corrected chi connectivity index (χ4v) is 1.86. The number of hydrogen-bond acceptors (Lipinski definition) is 3. The molecule has 1 heterocycles. The summed E-state index contributed by atoms with van der Waals surface area (Å²) in [5, 5.41) is 3.22. The average Bonchev–Trinajstić information content (AvgIpc) is 2.29. The van der Waals surface area contributed by atoms with Crippen LogP contribution in [0.15, 0.2) is 0 Å². The van der Waals surface area contributed by atoms with Crippen molar-refractivity contribution < 1.29 is 4.79 Å². The van der Waals surface area contributed by atoms with E-state index in [-0.39, 0.29) is 5.91 Å². The Morgan fingerprint density at radius 1 is 1.19 bits per heavy atom. The van der Waals surface area contributed by atoms with Gasteiger partial charge in [0.15, 0.2) is 0 Å². The number of likely N-dealkylation sites (N-methyl/N-ethyl adjacent to an activating group) is 1. The molecule has 16 heavy (non-hydrogen) atoms. The quantitative estimate of drug-likeness (QED) is 0.673. The van der Waals surface area contributed by atoms with E-state index < -0.39 is 0 Å². The van der Waals surface area contributed by atoms with Gasteiger partial charge in [0, 0.05) is 26.2 Å². The molecule has 0 atom stereocenters. The largest absolute Gasteiger partial charge is 0.339 e. The van der Waals surface area contributed by atoms with Crippen molar-refractivity contribution in [2.24, 2.45) is 0 Å². The van der Waals surface area contributed by atoms with Gasteiger partial charge in [-0.1, -0.05) is 19.8 Å². The second-order valence-electron chi connectivity index (χ2n) is 4.57. The summed E-state index contributed by atoms with van der Waals surface area (Å²) >= 11 is 0. The van der Waals surface area contributed by atoms with Crippen molar-refractivity contribution in [2.75, 3.05) is 46.3 Å². The lowest BCUT2D eigenvalue weighted by molar-refractivity contribution is -0.131. The molecule has 0 spiro atoms. The third-order valence-corrected chi connectivity index (χ3v) is 3.09. The second kappa shape index (κ2) is 7.63. The molecule has 1 N–H and O–H groups in total. The van der Waals surface area contributed by atoms with Crippen LogP contribution in [0.4, 0.5) is 0 Å². The molecule has 1 amide bonds. The number of carbonyl (C=O) groups excluding carboxylic acids is 1. The van der Waals surface area contributed by atoms with E-state index in [2.05, 4.69) is 24.2 Å². The molecule has 94 valence electrons. The number of amides is 1. The van der Waals surface area contributed by atoms with Crippen LogP contribution in [0.25, 0.3) is 0 Å². The summed E-state index contributed by atoms with van der Waals surface area (Å²) < 4.78 is 0. The van der Waals surface area contributed by atoms with Crippen molar-refractivity contribution in [3.63, 3.8) is 0 Å². The van der Waals surface area contributed by atoms with E-state index in [0.717, 1.165) is 32.7 Å². The number of piperazine rings is 1. The van der Waals surface area contributed by atoms with Crippen LogP contribution in [0, 0.1) is 0 Å². The van der Waals surface area contributed by atoms with E-state index in [0.29, 0.717) is 6.54 Å². The Labute approximate surface area is 99.0 Å². The van der Waals surface area contributed by atoms with Gasteiger partial charge in [0.25, 0.3) is 0 Å². The third-order valence-electron chi connectivity index (χ3n) is 3.09. The Morgan fingerprint density at radius 2 is 1.88 bits per heavy atom. The number of unbranched alkanes of at least 4 members (excludes halogenated alkanes) is 2. The first-order chi connectivity index (χ1) is 7.74. The lowest BCUT2D eigenvalue weighted by Gasteiger charge is -2.32. The van der Waals surface area contributed by atoms with Crippen LogP contribution in [0.5, 0.6) is 0 Å². The lowest BCUT2D eigenvalue weighted by Crippen LogP contribution is -2.49. The smallest absolute Gasteiger partial charge is 0.236 e. The van der Waals surface area contributed by atoms with Gasteiger partial charge in [-0.25, -0.2) is 0 Å². The maximum Gasteiger partial charge on any atom is 0.236 e. The highest BCUT2D eigenvalue weighted by Gasteiger charge is 2.17. The number of hydrogen-bond donors (Lipinski definition) is 1. The molecule has 1 rings (SSSR count). The molecule has 0 aromatic rings. The Hall–Kier alpha value is -0.610. The highest BCUT2D eigenvalue weighted by molar-refractivity contribution is 5.78. The van der Waals surface area contributed by atoms with E-state index in [1.54, 1.807) is 0 Å². The standard InChI is InChI=1S/C12H25N3O/c1-3-4-5-6-13-11-12(16)15-9-7-14(2)8-10-15/h13H,3-11H2,1-2H3. The minimum atomic E-state index is 0.254. The van der Waals surface area contributed by atoms with Gasteiger partial charge < -0.3 is 15.1 Å². The van der Waals surface area contributed by atoms with Crippen LogP contribution in [0.3, 0.4) is 0 Å². The molecule has 0 saturated carbocycles. The van der Waals surface area contributed by atoms with Crippen LogP contribution in [0.1, 0.15) is 26.2 Å². The van der Waals surface area contributed by atoms with Crippen LogP contribution < -0.4 is 5.32 Å². The van der Waals surface area contributed by atoms with Crippen molar-refractivity contribution in [3.8, 4) is 0 Å². The Balaban J connectivity index is 2.06. The summed E-state index contributed by atoms with van der Waals surface area (Å²) in [5.41, 5.74) is 0. The zero-order chi connectivity index (χ0) is 11.8. The highest BCUT2D eigenvalue weighted by atomic mass is 16.2. The molecule has 0 aliphatic carbocycles. The average molecular weight is 227 g/mol. The van der Waals surface area contributed by atoms with Gasteiger partial charge in [0.1, 0.15) is 0 Å². The summed E-state index contributed by atoms with van der Waals surface area (Å²) in [6.45, 7) is 7.43. The maximum absolute atomic E-state index is 11.8. The van der Waals surface area contributed by atoms with Gasteiger partial charge in [0.2, 0.25) is 5.91 Å². The van der Waals surface area contributed by atoms with Gasteiger partial charge in [0.05, 0.1) is 6.54 Å². The van der Waals surface area contributed by atoms with E-state index in [9.17, 15) is 4.79 Å². The monoisotopic (exact) mass is 227 g/mol. The van der Waals surface area contributed by atoms with Gasteiger partial charge in [-0.3, -0.25) is 4.79 Å². The fourth-order valence-electron chi connectivity index (χ4n) is 1.86. The summed E-state index contributed by atoms with van der Waals surface area (Å²) in [5.74, 6) is 0.254. The van der Waals surface area contributed by atoms with Crippen molar-refractivity contribution in [2.45, 2.75) is 26.2 Å². The predicted octanol–water partition coefficient (Wildman–Crippen LogP) is 0.540. The molecule has 0 aromatic carbocycles.